The average molecular weight is 398 g/mol. The van der Waals surface area contributed by atoms with Gasteiger partial charge in [0, 0.05) is 16.1 Å². The Bertz CT molecular complexity index is 767. The number of esters is 1. The van der Waals surface area contributed by atoms with Crippen LogP contribution in [0.2, 0.25) is 0 Å². The number of benzene rings is 2. The second-order valence-corrected chi connectivity index (χ2v) is 5.87. The average Bonchev–Trinajstić information content (AvgIpc) is 2.52. The van der Waals surface area contributed by atoms with Gasteiger partial charge in [0.15, 0.2) is 6.61 Å². The van der Waals surface area contributed by atoms with Crippen molar-refractivity contribution < 1.29 is 23.1 Å². The number of ether oxygens (including phenoxy) is 1. The summed E-state index contributed by atoms with van der Waals surface area (Å²) in [5.41, 5.74) is 0.435. The van der Waals surface area contributed by atoms with Crippen LogP contribution in [0.5, 0.6) is 0 Å². The summed E-state index contributed by atoms with van der Waals surface area (Å²) in [6.07, 6.45) is 0. The monoisotopic (exact) mass is 397 g/mol. The van der Waals surface area contributed by atoms with Crippen molar-refractivity contribution >= 4 is 27.8 Å². The van der Waals surface area contributed by atoms with E-state index in [9.17, 15) is 18.4 Å². The molecule has 0 fully saturated rings. The van der Waals surface area contributed by atoms with Gasteiger partial charge in [0.2, 0.25) is 0 Å². The van der Waals surface area contributed by atoms with Crippen LogP contribution >= 0.6 is 15.9 Å². The Hall–Kier alpha value is -2.28. The van der Waals surface area contributed by atoms with Gasteiger partial charge in [-0.2, -0.15) is 0 Å². The molecule has 1 amide bonds. The molecule has 1 N–H and O–H groups in total. The number of carbonyl (C=O) groups excluding carboxylic acids is 2. The molecule has 0 aliphatic rings. The summed E-state index contributed by atoms with van der Waals surface area (Å²) < 4.78 is 32.0. The van der Waals surface area contributed by atoms with Crippen LogP contribution in [0, 0.1) is 11.6 Å². The Labute approximate surface area is 145 Å². The van der Waals surface area contributed by atoms with Crippen molar-refractivity contribution in [1.82, 2.24) is 5.32 Å². The molecule has 7 heteroatoms. The van der Waals surface area contributed by atoms with Crippen LogP contribution < -0.4 is 5.32 Å². The van der Waals surface area contributed by atoms with Crippen molar-refractivity contribution in [2.24, 2.45) is 0 Å². The van der Waals surface area contributed by atoms with E-state index >= 15 is 0 Å². The highest BCUT2D eigenvalue weighted by Gasteiger charge is 2.17. The molecule has 0 aliphatic carbocycles. The predicted molar refractivity (Wildman–Crippen MR) is 87.3 cm³/mol. The molecule has 24 heavy (non-hydrogen) atoms. The number of amides is 1. The molecular weight excluding hydrogens is 384 g/mol. The fourth-order valence-electron chi connectivity index (χ4n) is 2.05. The summed E-state index contributed by atoms with van der Waals surface area (Å²) in [6.45, 7) is 1.04. The lowest BCUT2D eigenvalue weighted by molar-refractivity contribution is -0.124. The highest BCUT2D eigenvalue weighted by atomic mass is 79.9. The number of rotatable bonds is 5. The molecule has 2 aromatic carbocycles. The first-order chi connectivity index (χ1) is 11.4. The highest BCUT2D eigenvalue weighted by Crippen LogP contribution is 2.18. The van der Waals surface area contributed by atoms with Crippen LogP contribution in [-0.2, 0) is 9.53 Å². The maximum absolute atomic E-state index is 13.6. The van der Waals surface area contributed by atoms with E-state index in [0.717, 1.165) is 12.1 Å². The van der Waals surface area contributed by atoms with Crippen molar-refractivity contribution in [3.05, 3.63) is 69.7 Å². The van der Waals surface area contributed by atoms with Crippen LogP contribution in [-0.4, -0.2) is 18.5 Å². The van der Waals surface area contributed by atoms with Gasteiger partial charge in [0.25, 0.3) is 5.91 Å². The topological polar surface area (TPSA) is 55.4 Å². The third kappa shape index (κ3) is 4.61. The molecule has 0 bridgehead atoms. The third-order valence-corrected chi connectivity index (χ3v) is 3.93. The number of hydrogen-bond acceptors (Lipinski definition) is 3. The SMILES string of the molecule is C[C@@H](NC(=O)COC(=O)c1ccccc1Br)c1ccc(F)cc1F. The van der Waals surface area contributed by atoms with Gasteiger partial charge in [-0.15, -0.1) is 0 Å². The number of carbonyl (C=O) groups is 2. The first-order valence-corrected chi connectivity index (χ1v) is 7.83. The minimum atomic E-state index is -0.756. The Morgan fingerprint density at radius 3 is 2.58 bits per heavy atom. The van der Waals surface area contributed by atoms with Crippen molar-refractivity contribution in [2.45, 2.75) is 13.0 Å². The fourth-order valence-corrected chi connectivity index (χ4v) is 2.50. The molecule has 4 nitrogen and oxygen atoms in total. The highest BCUT2D eigenvalue weighted by molar-refractivity contribution is 9.10. The first-order valence-electron chi connectivity index (χ1n) is 7.04. The van der Waals surface area contributed by atoms with E-state index in [0.29, 0.717) is 10.0 Å². The Morgan fingerprint density at radius 2 is 1.92 bits per heavy atom. The second kappa shape index (κ2) is 8.01. The van der Waals surface area contributed by atoms with Gasteiger partial charge in [-0.05, 0) is 41.1 Å². The molecular formula is C17H14BrF2NO3. The van der Waals surface area contributed by atoms with Crippen molar-refractivity contribution in [2.75, 3.05) is 6.61 Å². The van der Waals surface area contributed by atoms with Gasteiger partial charge in [-0.1, -0.05) is 18.2 Å². The van der Waals surface area contributed by atoms with Gasteiger partial charge in [-0.25, -0.2) is 13.6 Å². The Kier molecular flexibility index (Phi) is 6.03. The summed E-state index contributed by atoms with van der Waals surface area (Å²) in [5.74, 6) is -2.70. The largest absolute Gasteiger partial charge is 0.452 e. The van der Waals surface area contributed by atoms with E-state index < -0.39 is 36.2 Å². The standard InChI is InChI=1S/C17H14BrF2NO3/c1-10(12-7-6-11(19)8-15(12)20)21-16(22)9-24-17(23)13-4-2-3-5-14(13)18/h2-8,10H,9H2,1H3,(H,21,22)/t10-/m1/s1. The van der Waals surface area contributed by atoms with Crippen molar-refractivity contribution in [3.8, 4) is 0 Å². The summed E-state index contributed by atoms with van der Waals surface area (Å²) in [4.78, 5) is 23.7. The third-order valence-electron chi connectivity index (χ3n) is 3.23. The zero-order chi connectivity index (χ0) is 17.7. The minimum absolute atomic E-state index is 0.141. The Balaban J connectivity index is 1.91. The molecule has 0 saturated carbocycles. The summed E-state index contributed by atoms with van der Waals surface area (Å²) in [6, 6.07) is 9.05. The van der Waals surface area contributed by atoms with Crippen LogP contribution in [0.4, 0.5) is 8.78 Å². The van der Waals surface area contributed by atoms with Gasteiger partial charge in [-0.3, -0.25) is 4.79 Å². The zero-order valence-electron chi connectivity index (χ0n) is 12.7. The van der Waals surface area contributed by atoms with Crippen molar-refractivity contribution in [3.63, 3.8) is 0 Å². The number of nitrogens with one attached hydrogen (secondary N) is 1. The van der Waals surface area contributed by atoms with E-state index in [-0.39, 0.29) is 5.56 Å². The second-order valence-electron chi connectivity index (χ2n) is 5.01. The molecule has 2 aromatic rings. The molecule has 0 radical (unpaired) electrons. The number of halogens is 3. The molecule has 0 unspecified atom stereocenters. The zero-order valence-corrected chi connectivity index (χ0v) is 14.3. The van der Waals surface area contributed by atoms with Crippen LogP contribution in [0.25, 0.3) is 0 Å². The first kappa shape index (κ1) is 18.1. The lowest BCUT2D eigenvalue weighted by Crippen LogP contribution is -2.31. The molecule has 0 saturated heterocycles. The molecule has 0 aromatic heterocycles. The molecule has 126 valence electrons. The van der Waals surface area contributed by atoms with Gasteiger partial charge < -0.3 is 10.1 Å². The summed E-state index contributed by atoms with van der Waals surface area (Å²) in [5, 5.41) is 2.49. The van der Waals surface area contributed by atoms with Gasteiger partial charge >= 0.3 is 5.97 Å². The van der Waals surface area contributed by atoms with E-state index in [4.69, 9.17) is 4.74 Å². The van der Waals surface area contributed by atoms with Gasteiger partial charge in [0.05, 0.1) is 11.6 Å². The lowest BCUT2D eigenvalue weighted by atomic mass is 10.1. The molecule has 0 aliphatic heterocycles. The molecule has 0 heterocycles. The molecule has 0 spiro atoms. The van der Waals surface area contributed by atoms with E-state index in [1.807, 2.05) is 0 Å². The van der Waals surface area contributed by atoms with Gasteiger partial charge in [0.1, 0.15) is 11.6 Å². The molecule has 1 atom stereocenters. The van der Waals surface area contributed by atoms with Crippen LogP contribution in [0.3, 0.4) is 0 Å². The smallest absolute Gasteiger partial charge is 0.339 e. The minimum Gasteiger partial charge on any atom is -0.452 e. The number of hydrogen-bond donors (Lipinski definition) is 1. The summed E-state index contributed by atoms with van der Waals surface area (Å²) in [7, 11) is 0. The molecule has 2 rings (SSSR count). The normalized spacial score (nSPS) is 11.7. The van der Waals surface area contributed by atoms with Crippen molar-refractivity contribution in [1.29, 1.82) is 0 Å². The lowest BCUT2D eigenvalue weighted by Gasteiger charge is -2.15. The summed E-state index contributed by atoms with van der Waals surface area (Å²) >= 11 is 3.21. The quantitative estimate of drug-likeness (QED) is 0.781. The van der Waals surface area contributed by atoms with Crippen LogP contribution in [0.1, 0.15) is 28.9 Å². The van der Waals surface area contributed by atoms with E-state index in [2.05, 4.69) is 21.2 Å². The van der Waals surface area contributed by atoms with E-state index in [1.54, 1.807) is 31.2 Å². The van der Waals surface area contributed by atoms with E-state index in [1.165, 1.54) is 6.07 Å². The maximum atomic E-state index is 13.6. The maximum Gasteiger partial charge on any atom is 0.339 e. The fraction of sp³-hybridized carbons (Fsp3) is 0.176. The Morgan fingerprint density at radius 1 is 1.21 bits per heavy atom. The predicted octanol–water partition coefficient (Wildman–Crippen LogP) is 3.76. The van der Waals surface area contributed by atoms with Crippen LogP contribution in [0.15, 0.2) is 46.9 Å².